The summed E-state index contributed by atoms with van der Waals surface area (Å²) >= 11 is 2.45. The molecule has 2 amide bonds. The topological polar surface area (TPSA) is 98.7 Å². The largest absolute Gasteiger partial charge is 0.507 e. The van der Waals surface area contributed by atoms with Crippen LogP contribution in [0.25, 0.3) is 0 Å². The second-order valence-corrected chi connectivity index (χ2v) is 8.19. The van der Waals surface area contributed by atoms with Gasteiger partial charge in [0.1, 0.15) is 11.5 Å². The summed E-state index contributed by atoms with van der Waals surface area (Å²) in [6.45, 7) is 0. The van der Waals surface area contributed by atoms with Crippen molar-refractivity contribution in [2.75, 3.05) is 22.1 Å². The number of hydrogen-bond acceptors (Lipinski definition) is 6. The van der Waals surface area contributed by atoms with Gasteiger partial charge in [0.25, 0.3) is 0 Å². The molecule has 6 nitrogen and oxygen atoms in total. The Bertz CT molecular complexity index is 960. The fourth-order valence-corrected chi connectivity index (χ4v) is 4.02. The lowest BCUT2D eigenvalue weighted by Gasteiger charge is -2.12. The molecule has 0 saturated carbocycles. The predicted octanol–water partition coefficient (Wildman–Crippen LogP) is 4.56. The molecule has 0 radical (unpaired) electrons. The molecule has 3 rings (SSSR count). The summed E-state index contributed by atoms with van der Waals surface area (Å²) in [5.41, 5.74) is 0.975. The molecule has 0 saturated heterocycles. The fraction of sp³-hybridized carbons (Fsp3) is 0.0909. The number of benzene rings is 3. The van der Waals surface area contributed by atoms with E-state index in [1.54, 1.807) is 72.8 Å². The summed E-state index contributed by atoms with van der Waals surface area (Å²) in [7, 11) is 0. The van der Waals surface area contributed by atoms with Gasteiger partial charge in [-0.2, -0.15) is 0 Å². The third kappa shape index (κ3) is 6.20. The molecule has 0 spiro atoms. The third-order valence-electron chi connectivity index (χ3n) is 3.92. The van der Waals surface area contributed by atoms with Crippen LogP contribution in [0.5, 0.6) is 11.5 Å². The van der Waals surface area contributed by atoms with Crippen molar-refractivity contribution in [3.8, 4) is 11.5 Å². The van der Waals surface area contributed by atoms with Crippen LogP contribution < -0.4 is 10.6 Å². The lowest BCUT2D eigenvalue weighted by atomic mass is 10.2. The van der Waals surface area contributed by atoms with Crippen LogP contribution in [0, 0.1) is 0 Å². The maximum atomic E-state index is 12.3. The first-order chi connectivity index (χ1) is 14.5. The maximum absolute atomic E-state index is 12.3. The Kier molecular flexibility index (Phi) is 7.64. The van der Waals surface area contributed by atoms with Crippen molar-refractivity contribution < 1.29 is 19.8 Å². The normalized spacial score (nSPS) is 10.4. The summed E-state index contributed by atoms with van der Waals surface area (Å²) in [4.78, 5) is 25.9. The molecule has 154 valence electrons. The summed E-state index contributed by atoms with van der Waals surface area (Å²) in [5, 5.41) is 25.1. The van der Waals surface area contributed by atoms with E-state index >= 15 is 0 Å². The van der Waals surface area contributed by atoms with Gasteiger partial charge in [-0.1, -0.05) is 36.4 Å². The van der Waals surface area contributed by atoms with Gasteiger partial charge in [0.15, 0.2) is 0 Å². The Morgan fingerprint density at radius 3 is 1.40 bits per heavy atom. The van der Waals surface area contributed by atoms with Crippen molar-refractivity contribution in [1.29, 1.82) is 0 Å². The molecule has 3 aromatic rings. The molecule has 0 unspecified atom stereocenters. The van der Waals surface area contributed by atoms with E-state index in [1.807, 2.05) is 0 Å². The molecule has 3 aromatic carbocycles. The number of anilines is 2. The molecule has 0 atom stereocenters. The molecule has 0 heterocycles. The van der Waals surface area contributed by atoms with Crippen LogP contribution in [0.4, 0.5) is 11.4 Å². The third-order valence-corrected chi connectivity index (χ3v) is 6.05. The second-order valence-electron chi connectivity index (χ2n) is 6.15. The first kappa shape index (κ1) is 21.6. The summed E-state index contributed by atoms with van der Waals surface area (Å²) < 4.78 is 0. The molecular weight excluding hydrogens is 420 g/mol. The second kappa shape index (κ2) is 10.6. The number of thioether (sulfide) groups is 2. The molecule has 8 heteroatoms. The zero-order chi connectivity index (χ0) is 21.3. The summed E-state index contributed by atoms with van der Waals surface area (Å²) in [6.07, 6.45) is 0. The van der Waals surface area contributed by atoms with Crippen molar-refractivity contribution in [3.63, 3.8) is 0 Å². The number of rotatable bonds is 8. The van der Waals surface area contributed by atoms with Crippen LogP contribution in [-0.2, 0) is 9.59 Å². The standard InChI is InChI=1S/C22H20N2O4S2/c25-17-9-3-5-11-19(17)29-13-21(27)23-15-7-1-2-8-16(15)24-22(28)14-30-20-12-6-4-10-18(20)26/h1-12,25-26H,13-14H2,(H,23,27)(H,24,28). The van der Waals surface area contributed by atoms with Gasteiger partial charge in [-0.15, -0.1) is 23.5 Å². The van der Waals surface area contributed by atoms with E-state index in [9.17, 15) is 19.8 Å². The van der Waals surface area contributed by atoms with Crippen LogP contribution in [-0.4, -0.2) is 33.5 Å². The van der Waals surface area contributed by atoms with Crippen LogP contribution in [0.2, 0.25) is 0 Å². The highest BCUT2D eigenvalue weighted by molar-refractivity contribution is 8.00. The zero-order valence-corrected chi connectivity index (χ0v) is 17.5. The number of phenols is 2. The fourth-order valence-electron chi connectivity index (χ4n) is 2.52. The number of carbonyl (C=O) groups excluding carboxylic acids is 2. The van der Waals surface area contributed by atoms with Crippen molar-refractivity contribution in [2.24, 2.45) is 0 Å². The van der Waals surface area contributed by atoms with E-state index < -0.39 is 0 Å². The van der Waals surface area contributed by atoms with Gasteiger partial charge in [-0.25, -0.2) is 0 Å². The van der Waals surface area contributed by atoms with Crippen LogP contribution >= 0.6 is 23.5 Å². The number of para-hydroxylation sites is 4. The molecule has 0 bridgehead atoms. The van der Waals surface area contributed by atoms with E-state index in [0.717, 1.165) is 0 Å². The van der Waals surface area contributed by atoms with Gasteiger partial charge in [-0.05, 0) is 36.4 Å². The van der Waals surface area contributed by atoms with Gasteiger partial charge < -0.3 is 20.8 Å². The molecule has 30 heavy (non-hydrogen) atoms. The molecule has 0 aliphatic carbocycles. The average molecular weight is 441 g/mol. The number of aromatic hydroxyl groups is 2. The Hall–Kier alpha value is -3.10. The highest BCUT2D eigenvalue weighted by atomic mass is 32.2. The van der Waals surface area contributed by atoms with Crippen LogP contribution in [0.1, 0.15) is 0 Å². The van der Waals surface area contributed by atoms with Gasteiger partial charge in [-0.3, -0.25) is 9.59 Å². The van der Waals surface area contributed by atoms with Crippen molar-refractivity contribution in [2.45, 2.75) is 9.79 Å². The minimum Gasteiger partial charge on any atom is -0.507 e. The zero-order valence-electron chi connectivity index (χ0n) is 15.9. The van der Waals surface area contributed by atoms with Gasteiger partial charge in [0, 0.05) is 9.79 Å². The first-order valence-corrected chi connectivity index (χ1v) is 11.0. The quantitative estimate of drug-likeness (QED) is 0.383. The van der Waals surface area contributed by atoms with Gasteiger partial charge >= 0.3 is 0 Å². The summed E-state index contributed by atoms with van der Waals surface area (Å²) in [6, 6.07) is 20.6. The van der Waals surface area contributed by atoms with E-state index in [1.165, 1.54) is 23.5 Å². The van der Waals surface area contributed by atoms with E-state index in [4.69, 9.17) is 0 Å². The van der Waals surface area contributed by atoms with Crippen LogP contribution in [0.3, 0.4) is 0 Å². The Morgan fingerprint density at radius 1 is 0.633 bits per heavy atom. The number of nitrogens with one attached hydrogen (secondary N) is 2. The van der Waals surface area contributed by atoms with Crippen molar-refractivity contribution >= 4 is 46.7 Å². The highest BCUT2D eigenvalue weighted by Crippen LogP contribution is 2.29. The minimum atomic E-state index is -0.256. The van der Waals surface area contributed by atoms with E-state index in [-0.39, 0.29) is 34.8 Å². The Balaban J connectivity index is 1.56. The lowest BCUT2D eigenvalue weighted by Crippen LogP contribution is -2.18. The smallest absolute Gasteiger partial charge is 0.234 e. The summed E-state index contributed by atoms with van der Waals surface area (Å²) in [5.74, 6) is -0.0247. The first-order valence-electron chi connectivity index (χ1n) is 9.03. The molecular formula is C22H20N2O4S2. The number of phenolic OH excluding ortho intramolecular Hbond substituents is 2. The van der Waals surface area contributed by atoms with E-state index in [2.05, 4.69) is 10.6 Å². The monoisotopic (exact) mass is 440 g/mol. The van der Waals surface area contributed by atoms with Gasteiger partial charge in [0.2, 0.25) is 11.8 Å². The number of amides is 2. The predicted molar refractivity (Wildman–Crippen MR) is 121 cm³/mol. The highest BCUT2D eigenvalue weighted by Gasteiger charge is 2.12. The van der Waals surface area contributed by atoms with E-state index in [0.29, 0.717) is 21.2 Å². The molecule has 4 N–H and O–H groups in total. The molecule has 0 aliphatic rings. The maximum Gasteiger partial charge on any atom is 0.234 e. The molecule has 0 aromatic heterocycles. The van der Waals surface area contributed by atoms with Gasteiger partial charge in [0.05, 0.1) is 22.9 Å². The SMILES string of the molecule is O=C(CSc1ccccc1O)Nc1ccccc1NC(=O)CSc1ccccc1O. The Morgan fingerprint density at radius 2 is 1.00 bits per heavy atom. The molecule has 0 fully saturated rings. The number of hydrogen-bond donors (Lipinski definition) is 4. The molecule has 0 aliphatic heterocycles. The lowest BCUT2D eigenvalue weighted by molar-refractivity contribution is -0.114. The van der Waals surface area contributed by atoms with Crippen LogP contribution in [0.15, 0.2) is 82.6 Å². The minimum absolute atomic E-state index is 0.114. The van der Waals surface area contributed by atoms with Crippen molar-refractivity contribution in [3.05, 3.63) is 72.8 Å². The average Bonchev–Trinajstić information content (AvgIpc) is 2.74. The Labute approximate surface area is 182 Å². The van der Waals surface area contributed by atoms with Crippen molar-refractivity contribution in [1.82, 2.24) is 0 Å². The number of carbonyl (C=O) groups is 2.